The largest absolute Gasteiger partial charge is 0.144 e. The summed E-state index contributed by atoms with van der Waals surface area (Å²) in [5, 5.41) is 3.62. The summed E-state index contributed by atoms with van der Waals surface area (Å²) >= 11 is 5.62. The molecule has 0 spiro atoms. The third-order valence-electron chi connectivity index (χ3n) is 3.32. The smallest absolute Gasteiger partial charge is 0.0377 e. The van der Waals surface area contributed by atoms with E-state index in [9.17, 15) is 0 Å². The second-order valence-corrected chi connectivity index (χ2v) is 6.50. The number of thiophene rings is 1. The van der Waals surface area contributed by atoms with Crippen molar-refractivity contribution in [3.63, 3.8) is 0 Å². The normalized spacial score (nSPS) is 26.2. The average Bonchev–Trinajstić information content (AvgIpc) is 2.84. The zero-order valence-corrected chi connectivity index (χ0v) is 10.9. The molecule has 0 saturated heterocycles. The molecule has 2 atom stereocenters. The van der Waals surface area contributed by atoms with E-state index in [4.69, 9.17) is 0 Å². The highest BCUT2D eigenvalue weighted by atomic mass is 79.9. The Balaban J connectivity index is 2.06. The van der Waals surface area contributed by atoms with Crippen molar-refractivity contribution in [2.75, 3.05) is 0 Å². The average molecular weight is 281 g/mol. The molecule has 2 unspecified atom stereocenters. The van der Waals surface area contributed by atoms with Gasteiger partial charge in [-0.3, -0.25) is 0 Å². The van der Waals surface area contributed by atoms with E-state index in [1.807, 2.05) is 11.3 Å². The zero-order valence-electron chi connectivity index (χ0n) is 8.45. The first-order valence-electron chi connectivity index (χ1n) is 5.45. The van der Waals surface area contributed by atoms with Gasteiger partial charge in [0.1, 0.15) is 0 Å². The summed E-state index contributed by atoms with van der Waals surface area (Å²) in [6.07, 6.45) is 3.97. The fourth-order valence-corrected chi connectivity index (χ4v) is 4.26. The van der Waals surface area contributed by atoms with Crippen LogP contribution in [0.2, 0.25) is 0 Å². The van der Waals surface area contributed by atoms with Crippen molar-refractivity contribution in [3.8, 4) is 0 Å². The SMILES string of the molecule is BrC1CCC(c2cccc3ccsc23)C1. The van der Waals surface area contributed by atoms with Crippen LogP contribution in [0.3, 0.4) is 0 Å². The molecule has 0 amide bonds. The molecule has 2 aromatic rings. The number of fused-ring (bicyclic) bond motifs is 1. The van der Waals surface area contributed by atoms with E-state index in [0.717, 1.165) is 10.7 Å². The number of hydrogen-bond donors (Lipinski definition) is 0. The van der Waals surface area contributed by atoms with Gasteiger partial charge in [0.25, 0.3) is 0 Å². The van der Waals surface area contributed by atoms with Gasteiger partial charge in [-0.05, 0) is 47.6 Å². The van der Waals surface area contributed by atoms with Crippen LogP contribution in [0, 0.1) is 0 Å². The lowest BCUT2D eigenvalue weighted by Crippen LogP contribution is -1.94. The summed E-state index contributed by atoms with van der Waals surface area (Å²) in [6, 6.07) is 8.96. The molecule has 1 aliphatic rings. The van der Waals surface area contributed by atoms with E-state index in [-0.39, 0.29) is 0 Å². The summed E-state index contributed by atoms with van der Waals surface area (Å²) in [4.78, 5) is 0.734. The van der Waals surface area contributed by atoms with E-state index in [1.54, 1.807) is 5.56 Å². The van der Waals surface area contributed by atoms with Gasteiger partial charge >= 0.3 is 0 Å². The number of alkyl halides is 1. The lowest BCUT2D eigenvalue weighted by atomic mass is 9.97. The van der Waals surface area contributed by atoms with Gasteiger partial charge in [-0.2, -0.15) is 0 Å². The maximum absolute atomic E-state index is 3.73. The Hall–Kier alpha value is -0.340. The van der Waals surface area contributed by atoms with E-state index < -0.39 is 0 Å². The van der Waals surface area contributed by atoms with Crippen LogP contribution in [0.1, 0.15) is 30.7 Å². The van der Waals surface area contributed by atoms with E-state index >= 15 is 0 Å². The van der Waals surface area contributed by atoms with Gasteiger partial charge in [0, 0.05) is 9.53 Å². The van der Waals surface area contributed by atoms with Gasteiger partial charge in [0.15, 0.2) is 0 Å². The molecule has 1 aromatic carbocycles. The lowest BCUT2D eigenvalue weighted by Gasteiger charge is -2.10. The summed E-state index contributed by atoms with van der Waals surface area (Å²) in [5.74, 6) is 0.775. The minimum absolute atomic E-state index is 0.734. The highest BCUT2D eigenvalue weighted by Gasteiger charge is 2.25. The zero-order chi connectivity index (χ0) is 10.3. The molecule has 1 saturated carbocycles. The number of rotatable bonds is 1. The van der Waals surface area contributed by atoms with Gasteiger partial charge in [0.2, 0.25) is 0 Å². The second kappa shape index (κ2) is 3.91. The van der Waals surface area contributed by atoms with Crippen LogP contribution in [-0.2, 0) is 0 Å². The van der Waals surface area contributed by atoms with Crippen LogP contribution >= 0.6 is 27.3 Å². The first-order valence-corrected chi connectivity index (χ1v) is 7.24. The molecule has 3 rings (SSSR count). The van der Waals surface area contributed by atoms with Crippen molar-refractivity contribution < 1.29 is 0 Å². The highest BCUT2D eigenvalue weighted by Crippen LogP contribution is 2.41. The number of benzene rings is 1. The number of halogens is 1. The monoisotopic (exact) mass is 280 g/mol. The van der Waals surface area contributed by atoms with Gasteiger partial charge in [-0.1, -0.05) is 34.1 Å². The van der Waals surface area contributed by atoms with Gasteiger partial charge < -0.3 is 0 Å². The Morgan fingerprint density at radius 3 is 2.93 bits per heavy atom. The van der Waals surface area contributed by atoms with Crippen LogP contribution in [0.4, 0.5) is 0 Å². The molecule has 0 bridgehead atoms. The fraction of sp³-hybridized carbons (Fsp3) is 0.385. The lowest BCUT2D eigenvalue weighted by molar-refractivity contribution is 0.733. The predicted octanol–water partition coefficient (Wildman–Crippen LogP) is 4.93. The molecule has 0 aliphatic heterocycles. The van der Waals surface area contributed by atoms with Gasteiger partial charge in [-0.15, -0.1) is 11.3 Å². The second-order valence-electron chi connectivity index (χ2n) is 4.29. The Bertz CT molecular complexity index is 474. The molecule has 2 heteroatoms. The van der Waals surface area contributed by atoms with Crippen molar-refractivity contribution in [2.45, 2.75) is 30.0 Å². The molecule has 0 radical (unpaired) electrons. The van der Waals surface area contributed by atoms with Crippen LogP contribution in [0.5, 0.6) is 0 Å². The molecule has 1 aliphatic carbocycles. The van der Waals surface area contributed by atoms with E-state index in [1.165, 1.54) is 29.3 Å². The van der Waals surface area contributed by atoms with Crippen LogP contribution in [-0.4, -0.2) is 4.83 Å². The molecule has 1 aromatic heterocycles. The van der Waals surface area contributed by atoms with E-state index in [2.05, 4.69) is 45.6 Å². The van der Waals surface area contributed by atoms with E-state index in [0.29, 0.717) is 0 Å². The Kier molecular flexibility index (Phi) is 2.57. The third kappa shape index (κ3) is 1.74. The molecular weight excluding hydrogens is 268 g/mol. The Morgan fingerprint density at radius 2 is 2.13 bits per heavy atom. The molecule has 0 nitrogen and oxygen atoms in total. The van der Waals surface area contributed by atoms with Crippen molar-refractivity contribution in [2.24, 2.45) is 0 Å². The number of hydrogen-bond acceptors (Lipinski definition) is 1. The Labute approximate surface area is 102 Å². The summed E-state index contributed by atoms with van der Waals surface area (Å²) < 4.78 is 1.50. The van der Waals surface area contributed by atoms with Gasteiger partial charge in [0.05, 0.1) is 0 Å². The van der Waals surface area contributed by atoms with Crippen LogP contribution in [0.15, 0.2) is 29.6 Å². The van der Waals surface area contributed by atoms with Gasteiger partial charge in [-0.25, -0.2) is 0 Å². The summed E-state index contributed by atoms with van der Waals surface area (Å²) in [6.45, 7) is 0. The quantitative estimate of drug-likeness (QED) is 0.650. The Morgan fingerprint density at radius 1 is 1.20 bits per heavy atom. The van der Waals surface area contributed by atoms with Crippen molar-refractivity contribution in [1.29, 1.82) is 0 Å². The third-order valence-corrected chi connectivity index (χ3v) is 5.13. The van der Waals surface area contributed by atoms with Crippen molar-refractivity contribution in [3.05, 3.63) is 35.2 Å². The highest BCUT2D eigenvalue weighted by molar-refractivity contribution is 9.09. The predicted molar refractivity (Wildman–Crippen MR) is 71.1 cm³/mol. The summed E-state index contributed by atoms with van der Waals surface area (Å²) in [7, 11) is 0. The maximum Gasteiger partial charge on any atom is 0.0377 e. The minimum atomic E-state index is 0.734. The van der Waals surface area contributed by atoms with Crippen molar-refractivity contribution in [1.82, 2.24) is 0 Å². The maximum atomic E-state index is 3.73. The minimum Gasteiger partial charge on any atom is -0.144 e. The summed E-state index contributed by atoms with van der Waals surface area (Å²) in [5.41, 5.74) is 1.57. The molecule has 0 N–H and O–H groups in total. The standard InChI is InChI=1S/C13H13BrS/c14-11-5-4-10(8-11)12-3-1-2-9-6-7-15-13(9)12/h1-3,6-7,10-11H,4-5,8H2. The molecular formula is C13H13BrS. The van der Waals surface area contributed by atoms with Crippen LogP contribution < -0.4 is 0 Å². The van der Waals surface area contributed by atoms with Crippen LogP contribution in [0.25, 0.3) is 10.1 Å². The molecule has 78 valence electrons. The molecule has 1 fully saturated rings. The molecule has 1 heterocycles. The van der Waals surface area contributed by atoms with Crippen molar-refractivity contribution >= 4 is 37.4 Å². The topological polar surface area (TPSA) is 0 Å². The first-order chi connectivity index (χ1) is 7.34. The first kappa shape index (κ1) is 9.86. The molecule has 15 heavy (non-hydrogen) atoms. The fourth-order valence-electron chi connectivity index (χ4n) is 2.55.